The molecule has 4 nitrogen and oxygen atoms in total. The van der Waals surface area contributed by atoms with Gasteiger partial charge in [0.15, 0.2) is 0 Å². The molecule has 2 amide bonds. The van der Waals surface area contributed by atoms with Gasteiger partial charge in [-0.25, -0.2) is 4.39 Å². The number of nitrogens with one attached hydrogen (secondary N) is 2. The first-order valence-corrected chi connectivity index (χ1v) is 7.89. The van der Waals surface area contributed by atoms with Crippen molar-refractivity contribution in [2.75, 3.05) is 13.1 Å². The van der Waals surface area contributed by atoms with Crippen molar-refractivity contribution < 1.29 is 14.0 Å². The fourth-order valence-electron chi connectivity index (χ4n) is 2.09. The standard InChI is InChI=1S/C18H18ClFN2O2/c1-12-6-7-14(10-16(12)20)18(24)22-9-8-21-17(23)11-13-4-2-3-5-15(13)19/h2-7,10H,8-9,11H2,1H3,(H,21,23)(H,22,24). The van der Waals surface area contributed by atoms with E-state index in [-0.39, 0.29) is 36.9 Å². The lowest BCUT2D eigenvalue weighted by atomic mass is 10.1. The van der Waals surface area contributed by atoms with Crippen molar-refractivity contribution in [2.24, 2.45) is 0 Å². The number of carbonyl (C=O) groups is 2. The Morgan fingerprint density at radius 2 is 1.79 bits per heavy atom. The summed E-state index contributed by atoms with van der Waals surface area (Å²) in [5, 5.41) is 5.87. The number of rotatable bonds is 6. The lowest BCUT2D eigenvalue weighted by Gasteiger charge is -2.08. The highest BCUT2D eigenvalue weighted by atomic mass is 35.5. The van der Waals surface area contributed by atoms with E-state index in [0.717, 1.165) is 5.56 Å². The molecule has 0 fully saturated rings. The van der Waals surface area contributed by atoms with Crippen LogP contribution in [0.2, 0.25) is 5.02 Å². The molecule has 126 valence electrons. The highest BCUT2D eigenvalue weighted by molar-refractivity contribution is 6.31. The molecule has 24 heavy (non-hydrogen) atoms. The van der Waals surface area contributed by atoms with Crippen LogP contribution >= 0.6 is 11.6 Å². The van der Waals surface area contributed by atoms with E-state index in [9.17, 15) is 14.0 Å². The Balaban J connectivity index is 1.74. The van der Waals surface area contributed by atoms with Crippen LogP contribution in [0.5, 0.6) is 0 Å². The first-order chi connectivity index (χ1) is 11.5. The summed E-state index contributed by atoms with van der Waals surface area (Å²) in [5.74, 6) is -0.983. The summed E-state index contributed by atoms with van der Waals surface area (Å²) in [4.78, 5) is 23.7. The third-order valence-electron chi connectivity index (χ3n) is 3.48. The molecule has 0 atom stereocenters. The minimum absolute atomic E-state index is 0.177. The van der Waals surface area contributed by atoms with E-state index in [1.165, 1.54) is 6.07 Å². The maximum atomic E-state index is 13.4. The Morgan fingerprint density at radius 1 is 1.08 bits per heavy atom. The normalized spacial score (nSPS) is 10.3. The molecular formula is C18H18ClFN2O2. The van der Waals surface area contributed by atoms with Crippen LogP contribution in [-0.2, 0) is 11.2 Å². The Morgan fingerprint density at radius 3 is 2.50 bits per heavy atom. The van der Waals surface area contributed by atoms with Crippen molar-refractivity contribution in [3.05, 3.63) is 70.0 Å². The van der Waals surface area contributed by atoms with Crippen molar-refractivity contribution in [1.82, 2.24) is 10.6 Å². The smallest absolute Gasteiger partial charge is 0.251 e. The highest BCUT2D eigenvalue weighted by Gasteiger charge is 2.09. The third kappa shape index (κ3) is 5.06. The fraction of sp³-hybridized carbons (Fsp3) is 0.222. The lowest BCUT2D eigenvalue weighted by molar-refractivity contribution is -0.120. The van der Waals surface area contributed by atoms with Gasteiger partial charge in [0, 0.05) is 23.7 Å². The predicted molar refractivity (Wildman–Crippen MR) is 91.6 cm³/mol. The summed E-state index contributed by atoms with van der Waals surface area (Å²) < 4.78 is 13.4. The van der Waals surface area contributed by atoms with Crippen LogP contribution < -0.4 is 10.6 Å². The van der Waals surface area contributed by atoms with Crippen molar-refractivity contribution in [2.45, 2.75) is 13.3 Å². The van der Waals surface area contributed by atoms with Crippen LogP contribution in [0.4, 0.5) is 4.39 Å². The van der Waals surface area contributed by atoms with Crippen LogP contribution in [0.1, 0.15) is 21.5 Å². The molecule has 0 bridgehead atoms. The molecule has 2 N–H and O–H groups in total. The van der Waals surface area contributed by atoms with Crippen LogP contribution in [0.15, 0.2) is 42.5 Å². The molecular weight excluding hydrogens is 331 g/mol. The second-order valence-electron chi connectivity index (χ2n) is 5.34. The van der Waals surface area contributed by atoms with E-state index in [1.54, 1.807) is 37.3 Å². The van der Waals surface area contributed by atoms with Crippen LogP contribution in [0.25, 0.3) is 0 Å². The second kappa shape index (κ2) is 8.45. The fourth-order valence-corrected chi connectivity index (χ4v) is 2.29. The minimum Gasteiger partial charge on any atom is -0.354 e. The van der Waals surface area contributed by atoms with E-state index in [2.05, 4.69) is 10.6 Å². The zero-order valence-corrected chi connectivity index (χ0v) is 14.0. The van der Waals surface area contributed by atoms with Gasteiger partial charge in [0.1, 0.15) is 5.82 Å². The van der Waals surface area contributed by atoms with Crippen molar-refractivity contribution in [3.8, 4) is 0 Å². The molecule has 0 aromatic heterocycles. The van der Waals surface area contributed by atoms with Crippen LogP contribution in [0.3, 0.4) is 0 Å². The molecule has 0 unspecified atom stereocenters. The van der Waals surface area contributed by atoms with Crippen molar-refractivity contribution in [3.63, 3.8) is 0 Å². The molecule has 2 aromatic carbocycles. The Labute approximate surface area is 145 Å². The quantitative estimate of drug-likeness (QED) is 0.789. The van der Waals surface area contributed by atoms with Gasteiger partial charge in [0.25, 0.3) is 5.91 Å². The molecule has 0 saturated carbocycles. The second-order valence-corrected chi connectivity index (χ2v) is 5.75. The van der Waals surface area contributed by atoms with Gasteiger partial charge >= 0.3 is 0 Å². The number of hydrogen-bond donors (Lipinski definition) is 2. The number of hydrogen-bond acceptors (Lipinski definition) is 2. The summed E-state index contributed by atoms with van der Waals surface area (Å²) in [5.41, 5.74) is 1.48. The third-order valence-corrected chi connectivity index (χ3v) is 3.84. The number of aryl methyl sites for hydroxylation is 1. The molecule has 0 spiro atoms. The maximum absolute atomic E-state index is 13.4. The van der Waals surface area contributed by atoms with Crippen LogP contribution in [-0.4, -0.2) is 24.9 Å². The van der Waals surface area contributed by atoms with E-state index in [4.69, 9.17) is 11.6 Å². The summed E-state index contributed by atoms with van der Waals surface area (Å²) in [7, 11) is 0. The van der Waals surface area contributed by atoms with Crippen molar-refractivity contribution in [1.29, 1.82) is 0 Å². The minimum atomic E-state index is -0.421. The first kappa shape index (κ1) is 17.9. The summed E-state index contributed by atoms with van der Waals surface area (Å²) >= 11 is 6.00. The molecule has 2 rings (SSSR count). The number of carbonyl (C=O) groups excluding carboxylic acids is 2. The Bertz CT molecular complexity index is 750. The SMILES string of the molecule is Cc1ccc(C(=O)NCCNC(=O)Cc2ccccc2Cl)cc1F. The molecule has 2 aromatic rings. The number of halogens is 2. The van der Waals surface area contributed by atoms with Gasteiger partial charge in [0.2, 0.25) is 5.91 Å². The first-order valence-electron chi connectivity index (χ1n) is 7.52. The van der Waals surface area contributed by atoms with Gasteiger partial charge in [-0.15, -0.1) is 0 Å². The summed E-state index contributed by atoms with van der Waals surface area (Å²) in [6, 6.07) is 11.4. The monoisotopic (exact) mass is 348 g/mol. The van der Waals surface area contributed by atoms with Crippen LogP contribution in [0, 0.1) is 12.7 Å². The van der Waals surface area contributed by atoms with E-state index in [1.807, 2.05) is 6.07 Å². The average Bonchev–Trinajstić information content (AvgIpc) is 2.56. The van der Waals surface area contributed by atoms with Gasteiger partial charge in [0.05, 0.1) is 6.42 Å². The molecule has 0 aliphatic rings. The van der Waals surface area contributed by atoms with Gasteiger partial charge < -0.3 is 10.6 Å². The van der Waals surface area contributed by atoms with Gasteiger partial charge in [-0.3, -0.25) is 9.59 Å². The van der Waals surface area contributed by atoms with Gasteiger partial charge in [-0.05, 0) is 36.2 Å². The van der Waals surface area contributed by atoms with E-state index < -0.39 is 5.82 Å². The summed E-state index contributed by atoms with van der Waals surface area (Å²) in [6.45, 7) is 2.16. The molecule has 0 heterocycles. The largest absolute Gasteiger partial charge is 0.354 e. The zero-order chi connectivity index (χ0) is 17.5. The van der Waals surface area contributed by atoms with Gasteiger partial charge in [-0.2, -0.15) is 0 Å². The van der Waals surface area contributed by atoms with Gasteiger partial charge in [-0.1, -0.05) is 35.9 Å². The summed E-state index contributed by atoms with van der Waals surface area (Å²) in [6.07, 6.45) is 0.177. The molecule has 0 aliphatic heterocycles. The van der Waals surface area contributed by atoms with Crippen molar-refractivity contribution >= 4 is 23.4 Å². The average molecular weight is 349 g/mol. The van der Waals surface area contributed by atoms with E-state index in [0.29, 0.717) is 10.6 Å². The number of benzene rings is 2. The highest BCUT2D eigenvalue weighted by Crippen LogP contribution is 2.15. The lowest BCUT2D eigenvalue weighted by Crippen LogP contribution is -2.35. The molecule has 6 heteroatoms. The molecule has 0 saturated heterocycles. The Kier molecular flexibility index (Phi) is 6.32. The Hall–Kier alpha value is -2.40. The van der Waals surface area contributed by atoms with E-state index >= 15 is 0 Å². The molecule has 0 aliphatic carbocycles. The molecule has 0 radical (unpaired) electrons. The predicted octanol–water partition coefficient (Wildman–Crippen LogP) is 2.88. The number of amides is 2. The maximum Gasteiger partial charge on any atom is 0.251 e. The topological polar surface area (TPSA) is 58.2 Å². The zero-order valence-electron chi connectivity index (χ0n) is 13.2.